The predicted molar refractivity (Wildman–Crippen MR) is 36.0 cm³/mol. The molecular formula is C5H8N4O. The molecule has 0 amide bonds. The number of rotatable bonds is 2. The first-order valence-corrected chi connectivity index (χ1v) is 2.73. The maximum Gasteiger partial charge on any atom is 0.215 e. The van der Waals surface area contributed by atoms with Crippen molar-refractivity contribution >= 4 is 5.96 Å². The molecule has 1 aromatic rings. The molecule has 0 unspecified atom stereocenters. The van der Waals surface area contributed by atoms with Gasteiger partial charge in [-0.1, -0.05) is 0 Å². The van der Waals surface area contributed by atoms with E-state index in [1.54, 1.807) is 0 Å². The smallest absolute Gasteiger partial charge is 0.215 e. The fraction of sp³-hybridized carbons (Fsp3) is 0.200. The fourth-order valence-corrected chi connectivity index (χ4v) is 0.490. The fourth-order valence-electron chi connectivity index (χ4n) is 0.490. The van der Waals surface area contributed by atoms with E-state index < -0.39 is 0 Å². The first kappa shape index (κ1) is 6.60. The van der Waals surface area contributed by atoms with Gasteiger partial charge in [-0.25, -0.2) is 9.98 Å². The second-order valence-electron chi connectivity index (χ2n) is 1.67. The lowest BCUT2D eigenvalue weighted by Gasteiger charge is -1.88. The van der Waals surface area contributed by atoms with Gasteiger partial charge in [-0.15, -0.1) is 0 Å². The third-order valence-corrected chi connectivity index (χ3v) is 0.880. The van der Waals surface area contributed by atoms with Crippen LogP contribution < -0.4 is 11.5 Å². The minimum Gasteiger partial charge on any atom is -0.447 e. The van der Waals surface area contributed by atoms with Crippen LogP contribution in [0.5, 0.6) is 0 Å². The zero-order chi connectivity index (χ0) is 7.40. The minimum atomic E-state index is 0.0400. The summed E-state index contributed by atoms with van der Waals surface area (Å²) >= 11 is 0. The normalized spacial score (nSPS) is 9.20. The van der Waals surface area contributed by atoms with Crippen LogP contribution in [0.15, 0.2) is 21.9 Å². The Bertz CT molecular complexity index is 212. The molecule has 0 bridgehead atoms. The summed E-state index contributed by atoms with van der Waals surface area (Å²) in [6.07, 6.45) is 3.01. The van der Waals surface area contributed by atoms with Crippen LogP contribution >= 0.6 is 0 Å². The molecule has 0 saturated carbocycles. The lowest BCUT2D eigenvalue weighted by Crippen LogP contribution is -2.22. The van der Waals surface area contributed by atoms with Crippen LogP contribution in [0.2, 0.25) is 0 Å². The SMILES string of the molecule is NC(N)=NCc1ncco1. The quantitative estimate of drug-likeness (QED) is 0.426. The lowest BCUT2D eigenvalue weighted by atomic mass is 10.6. The Morgan fingerprint density at radius 1 is 1.70 bits per heavy atom. The van der Waals surface area contributed by atoms with E-state index in [9.17, 15) is 0 Å². The second-order valence-corrected chi connectivity index (χ2v) is 1.67. The van der Waals surface area contributed by atoms with Crippen molar-refractivity contribution in [1.82, 2.24) is 4.98 Å². The van der Waals surface area contributed by atoms with E-state index >= 15 is 0 Å². The molecule has 0 atom stereocenters. The summed E-state index contributed by atoms with van der Waals surface area (Å²) in [5.41, 5.74) is 10.1. The van der Waals surface area contributed by atoms with Gasteiger partial charge in [0.05, 0.1) is 6.20 Å². The molecule has 5 heteroatoms. The number of oxazole rings is 1. The van der Waals surface area contributed by atoms with Crippen LogP contribution in [0, 0.1) is 0 Å². The van der Waals surface area contributed by atoms with Gasteiger partial charge in [0.2, 0.25) is 5.89 Å². The summed E-state index contributed by atoms with van der Waals surface area (Å²) in [6.45, 7) is 0.301. The van der Waals surface area contributed by atoms with Crippen LogP contribution in [0.1, 0.15) is 5.89 Å². The molecule has 0 aliphatic carbocycles. The van der Waals surface area contributed by atoms with Crippen molar-refractivity contribution in [2.75, 3.05) is 0 Å². The highest BCUT2D eigenvalue weighted by Gasteiger charge is 1.92. The van der Waals surface area contributed by atoms with Gasteiger partial charge >= 0.3 is 0 Å². The summed E-state index contributed by atoms with van der Waals surface area (Å²) in [7, 11) is 0. The molecule has 0 saturated heterocycles. The predicted octanol–water partition coefficient (Wildman–Crippen LogP) is -0.552. The highest BCUT2D eigenvalue weighted by molar-refractivity contribution is 5.75. The van der Waals surface area contributed by atoms with Crippen molar-refractivity contribution in [3.63, 3.8) is 0 Å². The summed E-state index contributed by atoms with van der Waals surface area (Å²) < 4.78 is 4.85. The Hall–Kier alpha value is -1.52. The monoisotopic (exact) mass is 140 g/mol. The zero-order valence-electron chi connectivity index (χ0n) is 5.32. The molecule has 1 heterocycles. The van der Waals surface area contributed by atoms with Gasteiger partial charge in [0.25, 0.3) is 0 Å². The van der Waals surface area contributed by atoms with E-state index in [1.807, 2.05) is 0 Å². The maximum absolute atomic E-state index is 5.07. The Kier molecular flexibility index (Phi) is 1.89. The molecule has 0 spiro atoms. The maximum atomic E-state index is 5.07. The first-order valence-electron chi connectivity index (χ1n) is 2.73. The molecule has 0 fully saturated rings. The van der Waals surface area contributed by atoms with E-state index in [0.717, 1.165) is 0 Å². The van der Waals surface area contributed by atoms with Gasteiger partial charge < -0.3 is 15.9 Å². The molecule has 1 aromatic heterocycles. The molecule has 0 radical (unpaired) electrons. The topological polar surface area (TPSA) is 90.4 Å². The van der Waals surface area contributed by atoms with Gasteiger partial charge in [0, 0.05) is 0 Å². The van der Waals surface area contributed by atoms with Crippen molar-refractivity contribution in [3.05, 3.63) is 18.4 Å². The van der Waals surface area contributed by atoms with Gasteiger partial charge in [-0.2, -0.15) is 0 Å². The molecule has 0 aliphatic rings. The Morgan fingerprint density at radius 2 is 2.50 bits per heavy atom. The van der Waals surface area contributed by atoms with Crippen LogP contribution in [-0.4, -0.2) is 10.9 Å². The molecule has 1 rings (SSSR count). The highest BCUT2D eigenvalue weighted by Crippen LogP contribution is 1.94. The van der Waals surface area contributed by atoms with E-state index in [2.05, 4.69) is 9.98 Å². The number of hydrogen-bond acceptors (Lipinski definition) is 3. The zero-order valence-corrected chi connectivity index (χ0v) is 5.32. The molecule has 0 aromatic carbocycles. The van der Waals surface area contributed by atoms with Crippen molar-refractivity contribution in [1.29, 1.82) is 0 Å². The first-order chi connectivity index (χ1) is 4.79. The lowest BCUT2D eigenvalue weighted by molar-refractivity contribution is 0.498. The summed E-state index contributed by atoms with van der Waals surface area (Å²) in [5.74, 6) is 0.548. The van der Waals surface area contributed by atoms with E-state index in [0.29, 0.717) is 12.4 Å². The largest absolute Gasteiger partial charge is 0.447 e. The molecule has 54 valence electrons. The van der Waals surface area contributed by atoms with E-state index in [-0.39, 0.29) is 5.96 Å². The van der Waals surface area contributed by atoms with Crippen LogP contribution in [0.25, 0.3) is 0 Å². The molecule has 10 heavy (non-hydrogen) atoms. The van der Waals surface area contributed by atoms with E-state index in [1.165, 1.54) is 12.5 Å². The van der Waals surface area contributed by atoms with Gasteiger partial charge in [0.15, 0.2) is 5.96 Å². The van der Waals surface area contributed by atoms with E-state index in [4.69, 9.17) is 15.9 Å². The van der Waals surface area contributed by atoms with Crippen molar-refractivity contribution in [3.8, 4) is 0 Å². The number of guanidine groups is 1. The Labute approximate surface area is 57.8 Å². The average Bonchev–Trinajstić information content (AvgIpc) is 2.34. The summed E-state index contributed by atoms with van der Waals surface area (Å²) in [4.78, 5) is 7.49. The second kappa shape index (κ2) is 2.86. The molecule has 4 N–H and O–H groups in total. The number of nitrogens with zero attached hydrogens (tertiary/aromatic N) is 2. The van der Waals surface area contributed by atoms with Crippen molar-refractivity contribution < 1.29 is 4.42 Å². The standard InChI is InChI=1S/C5H8N4O/c6-5(7)9-3-4-8-1-2-10-4/h1-2H,3H2,(H4,6,7,9). The molecular weight excluding hydrogens is 132 g/mol. The van der Waals surface area contributed by atoms with Crippen molar-refractivity contribution in [2.45, 2.75) is 6.54 Å². The van der Waals surface area contributed by atoms with Gasteiger partial charge in [0.1, 0.15) is 12.8 Å². The van der Waals surface area contributed by atoms with Crippen LogP contribution in [-0.2, 0) is 6.54 Å². The number of aliphatic imine (C=N–C) groups is 1. The van der Waals surface area contributed by atoms with Gasteiger partial charge in [-0.3, -0.25) is 0 Å². The minimum absolute atomic E-state index is 0.0400. The Balaban J connectivity index is 2.49. The van der Waals surface area contributed by atoms with Crippen LogP contribution in [0.3, 0.4) is 0 Å². The third-order valence-electron chi connectivity index (χ3n) is 0.880. The van der Waals surface area contributed by atoms with Crippen LogP contribution in [0.4, 0.5) is 0 Å². The molecule has 0 aliphatic heterocycles. The van der Waals surface area contributed by atoms with Crippen molar-refractivity contribution in [2.24, 2.45) is 16.5 Å². The number of nitrogens with two attached hydrogens (primary N) is 2. The number of aromatic nitrogens is 1. The molecule has 5 nitrogen and oxygen atoms in total. The number of hydrogen-bond donors (Lipinski definition) is 2. The summed E-state index contributed by atoms with van der Waals surface area (Å²) in [5, 5.41) is 0. The Morgan fingerprint density at radius 3 is 3.00 bits per heavy atom. The summed E-state index contributed by atoms with van der Waals surface area (Å²) in [6, 6.07) is 0. The average molecular weight is 140 g/mol. The van der Waals surface area contributed by atoms with Gasteiger partial charge in [-0.05, 0) is 0 Å². The highest BCUT2D eigenvalue weighted by atomic mass is 16.3. The third kappa shape index (κ3) is 1.77.